The molecule has 114 valence electrons. The van der Waals surface area contributed by atoms with Gasteiger partial charge in [0.15, 0.2) is 0 Å². The largest absolute Gasteiger partial charge is 0.326 e. The molecule has 0 aliphatic rings. The second kappa shape index (κ2) is 6.77. The average Bonchev–Trinajstić information content (AvgIpc) is 2.41. The van der Waals surface area contributed by atoms with Crippen LogP contribution in [0.4, 0.5) is 15.8 Å². The molecule has 2 aromatic carbocycles. The van der Waals surface area contributed by atoms with E-state index in [9.17, 15) is 14.0 Å². The van der Waals surface area contributed by atoms with Crippen molar-refractivity contribution in [1.29, 1.82) is 0 Å². The topological polar surface area (TPSA) is 58.2 Å². The normalized spacial score (nSPS) is 10.2. The van der Waals surface area contributed by atoms with Gasteiger partial charge in [0.25, 0.3) is 5.91 Å². The Bertz CT molecular complexity index is 750. The monoisotopic (exact) mass is 340 g/mol. The Morgan fingerprint density at radius 3 is 2.41 bits per heavy atom. The summed E-state index contributed by atoms with van der Waals surface area (Å²) in [5.41, 5.74) is 0.462. The highest BCUT2D eigenvalue weighted by atomic mass is 35.5. The molecule has 0 bridgehead atoms. The summed E-state index contributed by atoms with van der Waals surface area (Å²) >= 11 is 11.7. The van der Waals surface area contributed by atoms with Gasteiger partial charge in [-0.2, -0.15) is 0 Å². The maximum absolute atomic E-state index is 13.8. The van der Waals surface area contributed by atoms with Crippen molar-refractivity contribution in [3.8, 4) is 0 Å². The third kappa shape index (κ3) is 3.96. The predicted molar refractivity (Wildman–Crippen MR) is 85.1 cm³/mol. The number of carbonyl (C=O) groups excluding carboxylic acids is 2. The van der Waals surface area contributed by atoms with Crippen molar-refractivity contribution >= 4 is 46.4 Å². The number of halogens is 3. The molecule has 0 unspecified atom stereocenters. The molecular formula is C15H11Cl2FN2O2. The quantitative estimate of drug-likeness (QED) is 0.872. The van der Waals surface area contributed by atoms with Gasteiger partial charge >= 0.3 is 0 Å². The molecule has 0 spiro atoms. The van der Waals surface area contributed by atoms with E-state index in [-0.39, 0.29) is 22.2 Å². The third-order valence-corrected chi connectivity index (χ3v) is 3.26. The number of rotatable bonds is 3. The van der Waals surface area contributed by atoms with Gasteiger partial charge in [-0.1, -0.05) is 23.2 Å². The number of nitrogens with one attached hydrogen (secondary N) is 2. The number of carbonyl (C=O) groups is 2. The molecule has 0 radical (unpaired) electrons. The fourth-order valence-corrected chi connectivity index (χ4v) is 2.26. The predicted octanol–water partition coefficient (Wildman–Crippen LogP) is 4.34. The van der Waals surface area contributed by atoms with Gasteiger partial charge in [-0.05, 0) is 36.4 Å². The van der Waals surface area contributed by atoms with Gasteiger partial charge in [0.1, 0.15) is 5.82 Å². The van der Waals surface area contributed by atoms with E-state index in [0.29, 0.717) is 10.7 Å². The minimum absolute atomic E-state index is 0.0673. The van der Waals surface area contributed by atoms with Crippen LogP contribution in [0.2, 0.25) is 10.0 Å². The molecule has 0 aromatic heterocycles. The van der Waals surface area contributed by atoms with Gasteiger partial charge < -0.3 is 10.6 Å². The first-order valence-electron chi connectivity index (χ1n) is 6.20. The Morgan fingerprint density at radius 2 is 1.77 bits per heavy atom. The molecule has 2 N–H and O–H groups in total. The Kier molecular flexibility index (Phi) is 5.00. The van der Waals surface area contributed by atoms with Crippen LogP contribution in [0.5, 0.6) is 0 Å². The van der Waals surface area contributed by atoms with Crippen molar-refractivity contribution in [2.24, 2.45) is 0 Å². The second-order valence-electron chi connectivity index (χ2n) is 4.45. The summed E-state index contributed by atoms with van der Waals surface area (Å²) in [7, 11) is 0. The highest BCUT2D eigenvalue weighted by Gasteiger charge is 2.13. The summed E-state index contributed by atoms with van der Waals surface area (Å²) in [5.74, 6) is -1.52. The van der Waals surface area contributed by atoms with Crippen LogP contribution >= 0.6 is 23.2 Å². The van der Waals surface area contributed by atoms with Crippen LogP contribution in [0.15, 0.2) is 36.4 Å². The maximum atomic E-state index is 13.8. The van der Waals surface area contributed by atoms with Crippen molar-refractivity contribution in [1.82, 2.24) is 0 Å². The summed E-state index contributed by atoms with van der Waals surface area (Å²) in [6.45, 7) is 1.33. The minimum atomic E-state index is -0.632. The number of anilines is 2. The molecule has 2 amide bonds. The molecule has 0 fully saturated rings. The maximum Gasteiger partial charge on any atom is 0.257 e. The molecule has 0 aliphatic heterocycles. The SMILES string of the molecule is CC(=O)Nc1ccc(F)c(NC(=O)c2ccc(Cl)cc2Cl)c1. The zero-order valence-corrected chi connectivity index (χ0v) is 12.9. The molecule has 0 aliphatic carbocycles. The molecule has 7 heteroatoms. The van der Waals surface area contributed by atoms with E-state index in [1.165, 1.54) is 37.3 Å². The summed E-state index contributed by atoms with van der Waals surface area (Å²) in [4.78, 5) is 23.1. The van der Waals surface area contributed by atoms with Crippen molar-refractivity contribution in [2.75, 3.05) is 10.6 Å². The molecule has 0 saturated heterocycles. The lowest BCUT2D eigenvalue weighted by molar-refractivity contribution is -0.114. The van der Waals surface area contributed by atoms with E-state index in [0.717, 1.165) is 6.07 Å². The van der Waals surface area contributed by atoms with Crippen molar-refractivity contribution in [2.45, 2.75) is 6.92 Å². The van der Waals surface area contributed by atoms with E-state index in [1.807, 2.05) is 0 Å². The highest BCUT2D eigenvalue weighted by molar-refractivity contribution is 6.37. The summed E-state index contributed by atoms with van der Waals surface area (Å²) in [6, 6.07) is 8.22. The zero-order chi connectivity index (χ0) is 16.3. The molecule has 0 saturated carbocycles. The summed E-state index contributed by atoms with van der Waals surface area (Å²) in [6.07, 6.45) is 0. The summed E-state index contributed by atoms with van der Waals surface area (Å²) in [5, 5.41) is 5.46. The van der Waals surface area contributed by atoms with Crippen LogP contribution in [0, 0.1) is 5.82 Å². The number of hydrogen-bond donors (Lipinski definition) is 2. The van der Waals surface area contributed by atoms with Crippen LogP contribution in [-0.4, -0.2) is 11.8 Å². The van der Waals surface area contributed by atoms with E-state index < -0.39 is 11.7 Å². The fourth-order valence-electron chi connectivity index (χ4n) is 1.77. The first-order chi connectivity index (χ1) is 10.4. The van der Waals surface area contributed by atoms with E-state index in [2.05, 4.69) is 10.6 Å². The molecule has 2 aromatic rings. The van der Waals surface area contributed by atoms with Gasteiger partial charge in [-0.15, -0.1) is 0 Å². The first kappa shape index (κ1) is 16.3. The number of amides is 2. The Labute approximate surface area is 136 Å². The Morgan fingerprint density at radius 1 is 1.05 bits per heavy atom. The standard InChI is InChI=1S/C15H11Cl2FN2O2/c1-8(21)19-10-3-5-13(18)14(7-10)20-15(22)11-4-2-9(16)6-12(11)17/h2-7H,1H3,(H,19,21)(H,20,22). The third-order valence-electron chi connectivity index (χ3n) is 2.71. The van der Waals surface area contributed by atoms with Gasteiger partial charge in [-0.3, -0.25) is 9.59 Å². The van der Waals surface area contributed by atoms with Crippen molar-refractivity contribution in [3.05, 3.63) is 57.8 Å². The van der Waals surface area contributed by atoms with Gasteiger partial charge in [0.2, 0.25) is 5.91 Å². The van der Waals surface area contributed by atoms with Crippen LogP contribution in [-0.2, 0) is 4.79 Å². The van der Waals surface area contributed by atoms with E-state index in [4.69, 9.17) is 23.2 Å². The average molecular weight is 341 g/mol. The molecule has 0 heterocycles. The van der Waals surface area contributed by atoms with Gasteiger partial charge in [-0.25, -0.2) is 4.39 Å². The van der Waals surface area contributed by atoms with E-state index >= 15 is 0 Å². The van der Waals surface area contributed by atoms with E-state index in [1.54, 1.807) is 0 Å². The molecule has 22 heavy (non-hydrogen) atoms. The van der Waals surface area contributed by atoms with Crippen LogP contribution in [0.3, 0.4) is 0 Å². The number of hydrogen-bond acceptors (Lipinski definition) is 2. The summed E-state index contributed by atoms with van der Waals surface area (Å²) < 4.78 is 13.8. The Hall–Kier alpha value is -2.11. The number of benzene rings is 2. The second-order valence-corrected chi connectivity index (χ2v) is 5.30. The van der Waals surface area contributed by atoms with Crippen LogP contribution in [0.1, 0.15) is 17.3 Å². The lowest BCUT2D eigenvalue weighted by atomic mass is 10.2. The van der Waals surface area contributed by atoms with Gasteiger partial charge in [0.05, 0.1) is 16.3 Å². The fraction of sp³-hybridized carbons (Fsp3) is 0.0667. The molecule has 4 nitrogen and oxygen atoms in total. The van der Waals surface area contributed by atoms with Crippen molar-refractivity contribution < 1.29 is 14.0 Å². The lowest BCUT2D eigenvalue weighted by Gasteiger charge is -2.10. The highest BCUT2D eigenvalue weighted by Crippen LogP contribution is 2.24. The molecular weight excluding hydrogens is 330 g/mol. The smallest absolute Gasteiger partial charge is 0.257 e. The van der Waals surface area contributed by atoms with Crippen molar-refractivity contribution in [3.63, 3.8) is 0 Å². The van der Waals surface area contributed by atoms with Gasteiger partial charge in [0, 0.05) is 17.6 Å². The Balaban J connectivity index is 2.25. The van der Waals surface area contributed by atoms with Crippen LogP contribution in [0.25, 0.3) is 0 Å². The first-order valence-corrected chi connectivity index (χ1v) is 6.96. The minimum Gasteiger partial charge on any atom is -0.326 e. The van der Waals surface area contributed by atoms with Crippen LogP contribution < -0.4 is 10.6 Å². The molecule has 0 atom stereocenters. The lowest BCUT2D eigenvalue weighted by Crippen LogP contribution is -2.14. The zero-order valence-electron chi connectivity index (χ0n) is 11.4. The molecule has 2 rings (SSSR count).